The maximum Gasteiger partial charge on any atom is 0.0410 e. The van der Waals surface area contributed by atoms with Crippen molar-refractivity contribution in [2.45, 2.75) is 48.5 Å². The standard InChI is InChI=1S/C12H23N/c1-8-10(12(5,6)7)13-9-11(2,3)4/h8-9H,1-7H3. The number of hydrogen-bond acceptors (Lipinski definition) is 1. The molecule has 0 aliphatic heterocycles. The third kappa shape index (κ3) is 5.62. The maximum absolute atomic E-state index is 4.52. The molecule has 1 nitrogen and oxygen atoms in total. The van der Waals surface area contributed by atoms with Crippen molar-refractivity contribution >= 4 is 6.21 Å². The average molecular weight is 181 g/mol. The van der Waals surface area contributed by atoms with Crippen molar-refractivity contribution in [1.29, 1.82) is 0 Å². The summed E-state index contributed by atoms with van der Waals surface area (Å²) in [6, 6.07) is 0. The van der Waals surface area contributed by atoms with E-state index in [-0.39, 0.29) is 10.8 Å². The highest BCUT2D eigenvalue weighted by molar-refractivity contribution is 5.65. The van der Waals surface area contributed by atoms with Crippen LogP contribution >= 0.6 is 0 Å². The molecule has 0 aliphatic rings. The number of allylic oxidation sites excluding steroid dienone is 2. The monoisotopic (exact) mass is 181 g/mol. The van der Waals surface area contributed by atoms with Gasteiger partial charge in [-0.05, 0) is 12.3 Å². The summed E-state index contributed by atoms with van der Waals surface area (Å²) < 4.78 is 0. The highest BCUT2D eigenvalue weighted by Gasteiger charge is 2.15. The summed E-state index contributed by atoms with van der Waals surface area (Å²) in [5.74, 6) is 0. The van der Waals surface area contributed by atoms with Gasteiger partial charge in [-0.1, -0.05) is 47.6 Å². The van der Waals surface area contributed by atoms with Crippen LogP contribution < -0.4 is 0 Å². The van der Waals surface area contributed by atoms with E-state index in [4.69, 9.17) is 0 Å². The molecular formula is C12H23N. The fourth-order valence-corrected chi connectivity index (χ4v) is 0.964. The normalized spacial score (nSPS) is 15.5. The Balaban J connectivity index is 4.61. The van der Waals surface area contributed by atoms with E-state index in [1.54, 1.807) is 0 Å². The van der Waals surface area contributed by atoms with Gasteiger partial charge in [-0.3, -0.25) is 4.99 Å². The van der Waals surface area contributed by atoms with Crippen molar-refractivity contribution in [2.24, 2.45) is 15.8 Å². The van der Waals surface area contributed by atoms with Crippen LogP contribution in [0.15, 0.2) is 16.8 Å². The molecule has 0 saturated heterocycles. The number of rotatable bonds is 1. The first kappa shape index (κ1) is 12.4. The molecule has 0 aromatic heterocycles. The van der Waals surface area contributed by atoms with Gasteiger partial charge in [0.25, 0.3) is 0 Å². The van der Waals surface area contributed by atoms with Gasteiger partial charge in [-0.2, -0.15) is 0 Å². The van der Waals surface area contributed by atoms with Crippen LogP contribution in [-0.2, 0) is 0 Å². The smallest absolute Gasteiger partial charge is 0.0410 e. The van der Waals surface area contributed by atoms with Crippen LogP contribution in [-0.4, -0.2) is 6.21 Å². The molecule has 0 fully saturated rings. The van der Waals surface area contributed by atoms with Crippen molar-refractivity contribution in [3.63, 3.8) is 0 Å². The minimum atomic E-state index is 0.149. The molecule has 0 unspecified atom stereocenters. The SMILES string of the molecule is CC=C(N=CC(C)(C)C)C(C)(C)C. The third-order valence-electron chi connectivity index (χ3n) is 1.63. The predicted octanol–water partition coefficient (Wildman–Crippen LogP) is 4.05. The molecule has 0 aliphatic carbocycles. The molecule has 0 rings (SSSR count). The van der Waals surface area contributed by atoms with Gasteiger partial charge in [0.15, 0.2) is 0 Å². The van der Waals surface area contributed by atoms with Gasteiger partial charge in [0.1, 0.15) is 0 Å². The molecule has 0 aromatic rings. The molecule has 0 saturated carbocycles. The Morgan fingerprint density at radius 1 is 1.00 bits per heavy atom. The van der Waals surface area contributed by atoms with Crippen LogP contribution in [0.2, 0.25) is 0 Å². The summed E-state index contributed by atoms with van der Waals surface area (Å²) in [7, 11) is 0. The second-order valence-corrected chi connectivity index (χ2v) is 5.55. The summed E-state index contributed by atoms with van der Waals surface area (Å²) in [6.07, 6.45) is 4.11. The molecule has 0 spiro atoms. The van der Waals surface area contributed by atoms with Gasteiger partial charge in [-0.15, -0.1) is 0 Å². The largest absolute Gasteiger partial charge is 0.265 e. The van der Waals surface area contributed by atoms with Crippen LogP contribution in [0, 0.1) is 10.8 Å². The minimum absolute atomic E-state index is 0.149. The maximum atomic E-state index is 4.52. The second kappa shape index (κ2) is 4.08. The van der Waals surface area contributed by atoms with Gasteiger partial charge in [0, 0.05) is 17.3 Å². The fourth-order valence-electron chi connectivity index (χ4n) is 0.964. The topological polar surface area (TPSA) is 12.4 Å². The van der Waals surface area contributed by atoms with E-state index in [0.717, 1.165) is 5.70 Å². The lowest BCUT2D eigenvalue weighted by Crippen LogP contribution is -2.11. The average Bonchev–Trinajstić information content (AvgIpc) is 1.82. The Morgan fingerprint density at radius 3 is 1.69 bits per heavy atom. The zero-order chi connectivity index (χ0) is 10.7. The zero-order valence-corrected chi connectivity index (χ0v) is 10.1. The minimum Gasteiger partial charge on any atom is -0.265 e. The molecule has 0 atom stereocenters. The van der Waals surface area contributed by atoms with Crippen LogP contribution in [0.4, 0.5) is 0 Å². The number of aliphatic imine (C=N–C) groups is 1. The van der Waals surface area contributed by atoms with Gasteiger partial charge < -0.3 is 0 Å². The molecule has 1 heteroatoms. The summed E-state index contributed by atoms with van der Waals surface area (Å²) in [6.45, 7) is 15.1. The van der Waals surface area contributed by atoms with E-state index in [1.165, 1.54) is 0 Å². The van der Waals surface area contributed by atoms with E-state index >= 15 is 0 Å². The van der Waals surface area contributed by atoms with Gasteiger partial charge in [0.2, 0.25) is 0 Å². The van der Waals surface area contributed by atoms with E-state index in [0.29, 0.717) is 0 Å². The Morgan fingerprint density at radius 2 is 1.46 bits per heavy atom. The summed E-state index contributed by atoms with van der Waals surface area (Å²) >= 11 is 0. The summed E-state index contributed by atoms with van der Waals surface area (Å²) in [5, 5.41) is 0. The van der Waals surface area contributed by atoms with Crippen molar-refractivity contribution in [3.8, 4) is 0 Å². The van der Waals surface area contributed by atoms with Crippen molar-refractivity contribution in [2.75, 3.05) is 0 Å². The van der Waals surface area contributed by atoms with Crippen LogP contribution in [0.25, 0.3) is 0 Å². The first-order chi connectivity index (χ1) is 5.67. The Hall–Kier alpha value is -0.590. The van der Waals surface area contributed by atoms with Crippen molar-refractivity contribution < 1.29 is 0 Å². The first-order valence-corrected chi connectivity index (χ1v) is 4.89. The fraction of sp³-hybridized carbons (Fsp3) is 0.750. The van der Waals surface area contributed by atoms with Crippen LogP contribution in [0.1, 0.15) is 48.5 Å². The zero-order valence-electron chi connectivity index (χ0n) is 10.1. The lowest BCUT2D eigenvalue weighted by molar-refractivity contribution is 0.495. The quantitative estimate of drug-likeness (QED) is 0.541. The first-order valence-electron chi connectivity index (χ1n) is 4.89. The van der Waals surface area contributed by atoms with Crippen LogP contribution in [0.3, 0.4) is 0 Å². The molecule has 13 heavy (non-hydrogen) atoms. The molecule has 0 radical (unpaired) electrons. The number of nitrogens with zero attached hydrogens (tertiary/aromatic N) is 1. The Labute approximate surface area is 83.0 Å². The van der Waals surface area contributed by atoms with Gasteiger partial charge in [-0.25, -0.2) is 0 Å². The molecular weight excluding hydrogens is 158 g/mol. The Kier molecular flexibility index (Phi) is 3.89. The number of hydrogen-bond donors (Lipinski definition) is 0. The van der Waals surface area contributed by atoms with Crippen LogP contribution in [0.5, 0.6) is 0 Å². The highest BCUT2D eigenvalue weighted by atomic mass is 14.8. The third-order valence-corrected chi connectivity index (χ3v) is 1.63. The summed E-state index contributed by atoms with van der Waals surface area (Å²) in [4.78, 5) is 4.52. The molecule has 0 N–H and O–H groups in total. The summed E-state index contributed by atoms with van der Waals surface area (Å²) in [5.41, 5.74) is 1.47. The Bertz CT molecular complexity index is 208. The van der Waals surface area contributed by atoms with E-state index in [9.17, 15) is 0 Å². The van der Waals surface area contributed by atoms with E-state index < -0.39 is 0 Å². The van der Waals surface area contributed by atoms with Gasteiger partial charge >= 0.3 is 0 Å². The molecule has 0 aromatic carbocycles. The predicted molar refractivity (Wildman–Crippen MR) is 61.2 cm³/mol. The lowest BCUT2D eigenvalue weighted by atomic mass is 9.91. The molecule has 0 heterocycles. The highest BCUT2D eigenvalue weighted by Crippen LogP contribution is 2.26. The van der Waals surface area contributed by atoms with E-state index in [1.807, 2.05) is 13.1 Å². The van der Waals surface area contributed by atoms with Crippen molar-refractivity contribution in [1.82, 2.24) is 0 Å². The molecule has 0 bridgehead atoms. The molecule has 0 amide bonds. The molecule has 76 valence electrons. The van der Waals surface area contributed by atoms with Crippen molar-refractivity contribution in [3.05, 3.63) is 11.8 Å². The van der Waals surface area contributed by atoms with Gasteiger partial charge in [0.05, 0.1) is 0 Å². The van der Waals surface area contributed by atoms with E-state index in [2.05, 4.69) is 52.6 Å². The second-order valence-electron chi connectivity index (χ2n) is 5.55. The lowest BCUT2D eigenvalue weighted by Gasteiger charge is -2.20.